The molecule has 2 heteroatoms. The van der Waals surface area contributed by atoms with Gasteiger partial charge >= 0.3 is 0 Å². The maximum atomic E-state index is 5.80. The van der Waals surface area contributed by atoms with Crippen molar-refractivity contribution in [3.8, 4) is 0 Å². The predicted molar refractivity (Wildman–Crippen MR) is 49.5 cm³/mol. The van der Waals surface area contributed by atoms with Gasteiger partial charge in [0.05, 0.1) is 0 Å². The van der Waals surface area contributed by atoms with E-state index in [9.17, 15) is 0 Å². The quantitative estimate of drug-likeness (QED) is 0.455. The van der Waals surface area contributed by atoms with Crippen LogP contribution < -0.4 is 10.3 Å². The molecule has 60 valence electrons. The number of hydrogen-bond acceptors (Lipinski definition) is 1. The highest BCUT2D eigenvalue weighted by molar-refractivity contribution is 5.91. The molecule has 2 N–H and O–H groups in total. The average molecular weight is 159 g/mol. The third kappa shape index (κ3) is 1.01. The van der Waals surface area contributed by atoms with E-state index in [0.29, 0.717) is 0 Å². The normalized spacial score (nSPS) is 10.4. The largest absolute Gasteiger partial charge is 0.398 e. The van der Waals surface area contributed by atoms with Gasteiger partial charge in [0.15, 0.2) is 12.4 Å². The van der Waals surface area contributed by atoms with E-state index in [1.807, 2.05) is 36.0 Å². The standard InChI is InChI=1S/C10H11N2/c1-12-6-5-9-8(7-12)3-2-4-10(9)11/h2-7H,11H2,1H3/q+1. The number of nitrogen functional groups attached to an aromatic ring is 1. The van der Waals surface area contributed by atoms with Crippen LogP contribution in [0.2, 0.25) is 0 Å². The molecule has 0 radical (unpaired) electrons. The summed E-state index contributed by atoms with van der Waals surface area (Å²) in [5.41, 5.74) is 6.64. The van der Waals surface area contributed by atoms with Crippen molar-refractivity contribution in [3.63, 3.8) is 0 Å². The summed E-state index contributed by atoms with van der Waals surface area (Å²) in [5, 5.41) is 2.30. The SMILES string of the molecule is C[n+]1ccc2c(N)cccc2c1. The van der Waals surface area contributed by atoms with E-state index in [0.717, 1.165) is 11.1 Å². The number of nitrogens with two attached hydrogens (primary N) is 1. The molecule has 0 bridgehead atoms. The fourth-order valence-electron chi connectivity index (χ4n) is 1.36. The number of aryl methyl sites for hydroxylation is 1. The molecule has 2 aromatic rings. The zero-order chi connectivity index (χ0) is 8.55. The van der Waals surface area contributed by atoms with Gasteiger partial charge in [-0.25, -0.2) is 4.57 Å². The van der Waals surface area contributed by atoms with Gasteiger partial charge in [-0.05, 0) is 12.1 Å². The Morgan fingerprint density at radius 2 is 2.08 bits per heavy atom. The van der Waals surface area contributed by atoms with Gasteiger partial charge in [0.25, 0.3) is 0 Å². The van der Waals surface area contributed by atoms with Crippen molar-refractivity contribution in [3.05, 3.63) is 36.7 Å². The molecule has 1 aromatic heterocycles. The van der Waals surface area contributed by atoms with Gasteiger partial charge in [0.1, 0.15) is 7.05 Å². The Hall–Kier alpha value is -1.57. The first kappa shape index (κ1) is 7.10. The first-order valence-corrected chi connectivity index (χ1v) is 3.91. The topological polar surface area (TPSA) is 29.9 Å². The van der Waals surface area contributed by atoms with Crippen LogP contribution in [0.15, 0.2) is 36.7 Å². The second-order valence-electron chi connectivity index (χ2n) is 2.96. The lowest BCUT2D eigenvalue weighted by Gasteiger charge is -1.98. The van der Waals surface area contributed by atoms with Crippen LogP contribution in [0.25, 0.3) is 10.8 Å². The lowest BCUT2D eigenvalue weighted by Crippen LogP contribution is -2.25. The lowest BCUT2D eigenvalue weighted by molar-refractivity contribution is -0.670. The molecule has 0 aliphatic rings. The van der Waals surface area contributed by atoms with E-state index in [4.69, 9.17) is 5.73 Å². The zero-order valence-corrected chi connectivity index (χ0v) is 6.99. The van der Waals surface area contributed by atoms with Gasteiger partial charge in [-0.15, -0.1) is 0 Å². The highest BCUT2D eigenvalue weighted by Gasteiger charge is 1.99. The first-order valence-electron chi connectivity index (χ1n) is 3.91. The number of pyridine rings is 1. The number of hydrogen-bond donors (Lipinski definition) is 1. The fourth-order valence-corrected chi connectivity index (χ4v) is 1.36. The summed E-state index contributed by atoms with van der Waals surface area (Å²) < 4.78 is 2.02. The van der Waals surface area contributed by atoms with Crippen molar-refractivity contribution in [2.45, 2.75) is 0 Å². The van der Waals surface area contributed by atoms with Crippen LogP contribution in [0.4, 0.5) is 5.69 Å². The van der Waals surface area contributed by atoms with Gasteiger partial charge in [-0.1, -0.05) is 6.07 Å². The minimum atomic E-state index is 0.841. The second kappa shape index (κ2) is 2.48. The molecule has 12 heavy (non-hydrogen) atoms. The van der Waals surface area contributed by atoms with Crippen LogP contribution in [0.3, 0.4) is 0 Å². The van der Waals surface area contributed by atoms with E-state index < -0.39 is 0 Å². The maximum Gasteiger partial charge on any atom is 0.176 e. The van der Waals surface area contributed by atoms with Gasteiger partial charge in [0, 0.05) is 22.5 Å². The molecule has 0 saturated carbocycles. The molecule has 0 aliphatic carbocycles. The molecule has 0 atom stereocenters. The Labute approximate surface area is 71.2 Å². The van der Waals surface area contributed by atoms with Crippen LogP contribution in [0, 0.1) is 0 Å². The fraction of sp³-hybridized carbons (Fsp3) is 0.100. The summed E-state index contributed by atoms with van der Waals surface area (Å²) in [7, 11) is 2.00. The Kier molecular flexibility index (Phi) is 1.47. The Bertz CT molecular complexity index is 421. The van der Waals surface area contributed by atoms with E-state index in [2.05, 4.69) is 12.3 Å². The summed E-state index contributed by atoms with van der Waals surface area (Å²) in [6.07, 6.45) is 4.06. The van der Waals surface area contributed by atoms with Gasteiger partial charge in [-0.3, -0.25) is 0 Å². The van der Waals surface area contributed by atoms with E-state index in [1.165, 1.54) is 5.39 Å². The number of anilines is 1. The Morgan fingerprint density at radius 3 is 2.92 bits per heavy atom. The van der Waals surface area contributed by atoms with Crippen LogP contribution in [0.5, 0.6) is 0 Å². The summed E-state index contributed by atoms with van der Waals surface area (Å²) in [5.74, 6) is 0. The Balaban J connectivity index is 2.86. The molecular formula is C10H11N2+. The summed E-state index contributed by atoms with van der Waals surface area (Å²) in [4.78, 5) is 0. The van der Waals surface area contributed by atoms with Crippen molar-refractivity contribution in [1.29, 1.82) is 0 Å². The van der Waals surface area contributed by atoms with E-state index >= 15 is 0 Å². The van der Waals surface area contributed by atoms with Crippen molar-refractivity contribution in [2.24, 2.45) is 7.05 Å². The second-order valence-corrected chi connectivity index (χ2v) is 2.96. The van der Waals surface area contributed by atoms with Crippen LogP contribution in [0.1, 0.15) is 0 Å². The van der Waals surface area contributed by atoms with E-state index in [-0.39, 0.29) is 0 Å². The van der Waals surface area contributed by atoms with E-state index in [1.54, 1.807) is 0 Å². The number of rotatable bonds is 0. The minimum absolute atomic E-state index is 0.841. The molecular weight excluding hydrogens is 148 g/mol. The molecule has 2 rings (SSSR count). The predicted octanol–water partition coefficient (Wildman–Crippen LogP) is 1.25. The molecule has 2 nitrogen and oxygen atoms in total. The minimum Gasteiger partial charge on any atom is -0.398 e. The third-order valence-corrected chi connectivity index (χ3v) is 1.99. The van der Waals surface area contributed by atoms with Gasteiger partial charge in [-0.2, -0.15) is 0 Å². The molecule has 0 aliphatic heterocycles. The monoisotopic (exact) mass is 159 g/mol. The molecule has 0 saturated heterocycles. The molecule has 0 spiro atoms. The van der Waals surface area contributed by atoms with Crippen molar-refractivity contribution in [2.75, 3.05) is 5.73 Å². The summed E-state index contributed by atoms with van der Waals surface area (Å²) in [6.45, 7) is 0. The third-order valence-electron chi connectivity index (χ3n) is 1.99. The highest BCUT2D eigenvalue weighted by Crippen LogP contribution is 2.17. The Morgan fingerprint density at radius 1 is 1.25 bits per heavy atom. The molecule has 0 amide bonds. The number of fused-ring (bicyclic) bond motifs is 1. The number of nitrogens with zero attached hydrogens (tertiary/aromatic N) is 1. The van der Waals surface area contributed by atoms with Crippen LogP contribution in [-0.4, -0.2) is 0 Å². The average Bonchev–Trinajstić information content (AvgIpc) is 2.04. The van der Waals surface area contributed by atoms with Crippen molar-refractivity contribution in [1.82, 2.24) is 0 Å². The molecule has 0 unspecified atom stereocenters. The number of aromatic nitrogens is 1. The molecule has 1 aromatic carbocycles. The maximum absolute atomic E-state index is 5.80. The van der Waals surface area contributed by atoms with Crippen LogP contribution >= 0.6 is 0 Å². The summed E-state index contributed by atoms with van der Waals surface area (Å²) in [6, 6.07) is 7.98. The van der Waals surface area contributed by atoms with Gasteiger partial charge < -0.3 is 5.73 Å². The van der Waals surface area contributed by atoms with Crippen molar-refractivity contribution < 1.29 is 4.57 Å². The lowest BCUT2D eigenvalue weighted by atomic mass is 10.1. The molecule has 1 heterocycles. The van der Waals surface area contributed by atoms with Crippen LogP contribution in [-0.2, 0) is 7.05 Å². The zero-order valence-electron chi connectivity index (χ0n) is 6.99. The molecule has 0 fully saturated rings. The first-order chi connectivity index (χ1) is 5.77. The number of benzene rings is 1. The summed E-state index contributed by atoms with van der Waals surface area (Å²) >= 11 is 0. The smallest absolute Gasteiger partial charge is 0.176 e. The van der Waals surface area contributed by atoms with Gasteiger partial charge in [0.2, 0.25) is 0 Å². The highest BCUT2D eigenvalue weighted by atomic mass is 14.9. The van der Waals surface area contributed by atoms with Crippen molar-refractivity contribution >= 4 is 16.5 Å².